The molecule has 2 nitrogen and oxygen atoms in total. The SMILES string of the molecule is Cc1ccc(CC(=O)NCC(Br)c2ccccc2)cc1. The standard InChI is InChI=1S/C17H18BrNO/c1-13-7-9-14(10-8-13)11-17(20)19-12-16(18)15-5-3-2-4-6-15/h2-10,16H,11-12H2,1H3,(H,19,20). The van der Waals surface area contributed by atoms with Crippen LogP contribution >= 0.6 is 15.9 Å². The van der Waals surface area contributed by atoms with E-state index in [9.17, 15) is 4.79 Å². The fourth-order valence-electron chi connectivity index (χ4n) is 1.94. The molecule has 0 aliphatic rings. The third-order valence-electron chi connectivity index (χ3n) is 3.12. The molecule has 0 aromatic heterocycles. The summed E-state index contributed by atoms with van der Waals surface area (Å²) in [6, 6.07) is 18.1. The molecule has 20 heavy (non-hydrogen) atoms. The fraction of sp³-hybridized carbons (Fsp3) is 0.235. The molecule has 1 amide bonds. The molecule has 104 valence electrons. The van der Waals surface area contributed by atoms with Crippen LogP contribution in [0.25, 0.3) is 0 Å². The van der Waals surface area contributed by atoms with Gasteiger partial charge in [-0.3, -0.25) is 4.79 Å². The molecule has 2 rings (SSSR count). The average Bonchev–Trinajstić information content (AvgIpc) is 2.48. The number of hydrogen-bond acceptors (Lipinski definition) is 1. The number of aryl methyl sites for hydroxylation is 1. The van der Waals surface area contributed by atoms with Gasteiger partial charge in [0.05, 0.1) is 11.2 Å². The van der Waals surface area contributed by atoms with Gasteiger partial charge < -0.3 is 5.32 Å². The highest BCUT2D eigenvalue weighted by Gasteiger charge is 2.09. The van der Waals surface area contributed by atoms with E-state index in [2.05, 4.69) is 21.2 Å². The Morgan fingerprint density at radius 1 is 1.10 bits per heavy atom. The smallest absolute Gasteiger partial charge is 0.224 e. The van der Waals surface area contributed by atoms with Crippen molar-refractivity contribution in [2.75, 3.05) is 6.54 Å². The molecular weight excluding hydrogens is 314 g/mol. The van der Waals surface area contributed by atoms with Crippen molar-refractivity contribution in [1.29, 1.82) is 0 Å². The van der Waals surface area contributed by atoms with Gasteiger partial charge in [-0.25, -0.2) is 0 Å². The van der Waals surface area contributed by atoms with Gasteiger partial charge in [-0.1, -0.05) is 76.1 Å². The maximum absolute atomic E-state index is 11.9. The first-order chi connectivity index (χ1) is 9.65. The van der Waals surface area contributed by atoms with Crippen LogP contribution in [0.2, 0.25) is 0 Å². The van der Waals surface area contributed by atoms with E-state index in [1.54, 1.807) is 0 Å². The number of carbonyl (C=O) groups excluding carboxylic acids is 1. The quantitative estimate of drug-likeness (QED) is 0.830. The summed E-state index contributed by atoms with van der Waals surface area (Å²) in [5, 5.41) is 2.96. The highest BCUT2D eigenvalue weighted by molar-refractivity contribution is 9.09. The van der Waals surface area contributed by atoms with Gasteiger partial charge in [-0.2, -0.15) is 0 Å². The molecular formula is C17H18BrNO. The minimum atomic E-state index is 0.0502. The lowest BCUT2D eigenvalue weighted by Gasteiger charge is -2.11. The minimum absolute atomic E-state index is 0.0502. The molecule has 0 fully saturated rings. The summed E-state index contributed by atoms with van der Waals surface area (Å²) >= 11 is 3.59. The van der Waals surface area contributed by atoms with Crippen molar-refractivity contribution in [2.24, 2.45) is 0 Å². The summed E-state index contributed by atoms with van der Waals surface area (Å²) in [5.74, 6) is 0.0502. The predicted octanol–water partition coefficient (Wildman–Crippen LogP) is 3.79. The van der Waals surface area contributed by atoms with Crippen LogP contribution in [0.5, 0.6) is 0 Å². The first-order valence-corrected chi connectivity index (χ1v) is 7.58. The number of rotatable bonds is 5. The maximum atomic E-state index is 11.9. The largest absolute Gasteiger partial charge is 0.354 e. The molecule has 3 heteroatoms. The molecule has 1 unspecified atom stereocenters. The van der Waals surface area contributed by atoms with Crippen LogP contribution in [0.4, 0.5) is 0 Å². The minimum Gasteiger partial charge on any atom is -0.354 e. The number of amides is 1. The van der Waals surface area contributed by atoms with Gasteiger partial charge in [-0.15, -0.1) is 0 Å². The number of benzene rings is 2. The third kappa shape index (κ3) is 4.49. The lowest BCUT2D eigenvalue weighted by Crippen LogP contribution is -2.28. The molecule has 0 saturated heterocycles. The highest BCUT2D eigenvalue weighted by Crippen LogP contribution is 2.20. The Hall–Kier alpha value is -1.61. The Kier molecular flexibility index (Phi) is 5.36. The monoisotopic (exact) mass is 331 g/mol. The number of alkyl halides is 1. The van der Waals surface area contributed by atoms with Crippen molar-refractivity contribution >= 4 is 21.8 Å². The fourth-order valence-corrected chi connectivity index (χ4v) is 2.40. The van der Waals surface area contributed by atoms with E-state index >= 15 is 0 Å². The van der Waals surface area contributed by atoms with E-state index in [4.69, 9.17) is 0 Å². The Morgan fingerprint density at radius 2 is 1.75 bits per heavy atom. The van der Waals surface area contributed by atoms with Gasteiger partial charge in [0.25, 0.3) is 0 Å². The van der Waals surface area contributed by atoms with Gasteiger partial charge >= 0.3 is 0 Å². The third-order valence-corrected chi connectivity index (χ3v) is 3.98. The van der Waals surface area contributed by atoms with Crippen LogP contribution in [-0.4, -0.2) is 12.5 Å². The summed E-state index contributed by atoms with van der Waals surface area (Å²) in [6.45, 7) is 2.63. The molecule has 0 radical (unpaired) electrons. The lowest BCUT2D eigenvalue weighted by molar-refractivity contribution is -0.120. The van der Waals surface area contributed by atoms with Crippen LogP contribution in [0.15, 0.2) is 54.6 Å². The molecule has 1 N–H and O–H groups in total. The Morgan fingerprint density at radius 3 is 2.40 bits per heavy atom. The van der Waals surface area contributed by atoms with E-state index < -0.39 is 0 Å². The Bertz CT molecular complexity index is 551. The first-order valence-electron chi connectivity index (χ1n) is 6.66. The van der Waals surface area contributed by atoms with Crippen molar-refractivity contribution in [1.82, 2.24) is 5.32 Å². The van der Waals surface area contributed by atoms with Gasteiger partial charge in [0.2, 0.25) is 5.91 Å². The Balaban J connectivity index is 1.82. The van der Waals surface area contributed by atoms with Crippen molar-refractivity contribution in [3.05, 3.63) is 71.3 Å². The van der Waals surface area contributed by atoms with Crippen LogP contribution in [0.1, 0.15) is 21.5 Å². The summed E-state index contributed by atoms with van der Waals surface area (Å²) in [4.78, 5) is 12.0. The van der Waals surface area contributed by atoms with Crippen molar-refractivity contribution < 1.29 is 4.79 Å². The van der Waals surface area contributed by atoms with Crippen molar-refractivity contribution in [3.8, 4) is 0 Å². The molecule has 2 aromatic rings. The number of nitrogens with one attached hydrogen (secondary N) is 1. The van der Waals surface area contributed by atoms with Gasteiger partial charge in [-0.05, 0) is 18.1 Å². The Labute approximate surface area is 128 Å². The lowest BCUT2D eigenvalue weighted by atomic mass is 10.1. The van der Waals surface area contributed by atoms with Crippen LogP contribution in [-0.2, 0) is 11.2 Å². The zero-order chi connectivity index (χ0) is 14.4. The van der Waals surface area contributed by atoms with Crippen LogP contribution < -0.4 is 5.32 Å². The normalized spacial score (nSPS) is 11.9. The molecule has 0 aliphatic heterocycles. The highest BCUT2D eigenvalue weighted by atomic mass is 79.9. The van der Waals surface area contributed by atoms with Crippen LogP contribution in [0.3, 0.4) is 0 Å². The second kappa shape index (κ2) is 7.25. The van der Waals surface area contributed by atoms with E-state index in [0.717, 1.165) is 5.56 Å². The molecule has 0 saturated carbocycles. The van der Waals surface area contributed by atoms with Crippen LogP contribution in [0, 0.1) is 6.92 Å². The molecule has 0 aliphatic carbocycles. The van der Waals surface area contributed by atoms with E-state index in [-0.39, 0.29) is 10.7 Å². The second-order valence-electron chi connectivity index (χ2n) is 4.84. The summed E-state index contributed by atoms with van der Waals surface area (Å²) in [5.41, 5.74) is 3.42. The van der Waals surface area contributed by atoms with Gasteiger partial charge in [0.1, 0.15) is 0 Å². The molecule has 0 spiro atoms. The molecule has 2 aromatic carbocycles. The zero-order valence-electron chi connectivity index (χ0n) is 11.5. The number of halogens is 1. The van der Waals surface area contributed by atoms with E-state index in [1.165, 1.54) is 11.1 Å². The van der Waals surface area contributed by atoms with Gasteiger partial charge in [0, 0.05) is 6.54 Å². The zero-order valence-corrected chi connectivity index (χ0v) is 13.1. The van der Waals surface area contributed by atoms with E-state index in [1.807, 2.05) is 61.5 Å². The van der Waals surface area contributed by atoms with E-state index in [0.29, 0.717) is 13.0 Å². The number of carbonyl (C=O) groups is 1. The topological polar surface area (TPSA) is 29.1 Å². The summed E-state index contributed by atoms with van der Waals surface area (Å²) in [7, 11) is 0. The number of hydrogen-bond donors (Lipinski definition) is 1. The predicted molar refractivity (Wildman–Crippen MR) is 86.0 cm³/mol. The average molecular weight is 332 g/mol. The molecule has 0 heterocycles. The summed E-state index contributed by atoms with van der Waals surface area (Å²) in [6.07, 6.45) is 0.425. The maximum Gasteiger partial charge on any atom is 0.224 e. The summed E-state index contributed by atoms with van der Waals surface area (Å²) < 4.78 is 0. The van der Waals surface area contributed by atoms with Gasteiger partial charge in [0.15, 0.2) is 0 Å². The van der Waals surface area contributed by atoms with Crippen molar-refractivity contribution in [2.45, 2.75) is 18.2 Å². The second-order valence-corrected chi connectivity index (χ2v) is 5.95. The first kappa shape index (κ1) is 14.8. The van der Waals surface area contributed by atoms with Crippen molar-refractivity contribution in [3.63, 3.8) is 0 Å². The molecule has 1 atom stereocenters. The molecule has 0 bridgehead atoms.